The van der Waals surface area contributed by atoms with Crippen LogP contribution in [0.3, 0.4) is 0 Å². The van der Waals surface area contributed by atoms with Crippen LogP contribution in [0.15, 0.2) is 42.5 Å². The normalized spacial score (nSPS) is 20.4. The van der Waals surface area contributed by atoms with Crippen molar-refractivity contribution in [1.82, 2.24) is 5.32 Å². The lowest BCUT2D eigenvalue weighted by molar-refractivity contribution is -0.153. The Morgan fingerprint density at radius 3 is 2.19 bits per heavy atom. The second-order valence-corrected chi connectivity index (χ2v) is 7.35. The smallest absolute Gasteiger partial charge is 0.321 e. The molecule has 2 aromatic rings. The Morgan fingerprint density at radius 2 is 1.68 bits per heavy atom. The van der Waals surface area contributed by atoms with Crippen molar-refractivity contribution in [2.75, 3.05) is 28.4 Å². The monoisotopic (exact) mass is 429 g/mol. The van der Waals surface area contributed by atoms with E-state index in [1.165, 1.54) is 28.4 Å². The first-order valence-corrected chi connectivity index (χ1v) is 9.81. The Bertz CT molecular complexity index is 921. The summed E-state index contributed by atoms with van der Waals surface area (Å²) in [6.07, 6.45) is -0.951. The molecule has 0 saturated heterocycles. The van der Waals surface area contributed by atoms with E-state index in [9.17, 15) is 14.7 Å². The summed E-state index contributed by atoms with van der Waals surface area (Å²) in [6, 6.07) is 12.6. The van der Waals surface area contributed by atoms with Gasteiger partial charge in [-0.3, -0.25) is 9.59 Å². The molecule has 1 amide bonds. The maximum absolute atomic E-state index is 13.0. The maximum atomic E-state index is 13.0. The number of carbonyl (C=O) groups is 2. The molecule has 1 aliphatic carbocycles. The molecule has 0 bridgehead atoms. The molecular weight excluding hydrogens is 402 g/mol. The topological polar surface area (TPSA) is 103 Å². The van der Waals surface area contributed by atoms with Crippen LogP contribution in [-0.4, -0.2) is 45.4 Å². The SMILES string of the molecule is COC(=O)C1(C(=O)NCc2ccccc2)CC1C(O)c1cc(OC)c(OC)c(OC)c1. The van der Waals surface area contributed by atoms with Crippen molar-refractivity contribution in [3.63, 3.8) is 0 Å². The van der Waals surface area contributed by atoms with Gasteiger partial charge < -0.3 is 29.4 Å². The minimum absolute atomic E-state index is 0.165. The van der Waals surface area contributed by atoms with E-state index in [1.54, 1.807) is 12.1 Å². The number of methoxy groups -OCH3 is 4. The van der Waals surface area contributed by atoms with Crippen molar-refractivity contribution in [3.05, 3.63) is 53.6 Å². The van der Waals surface area contributed by atoms with Gasteiger partial charge in [0, 0.05) is 12.5 Å². The van der Waals surface area contributed by atoms with E-state index >= 15 is 0 Å². The first-order valence-electron chi connectivity index (χ1n) is 9.81. The highest BCUT2D eigenvalue weighted by atomic mass is 16.5. The van der Waals surface area contributed by atoms with Gasteiger partial charge in [-0.05, 0) is 29.7 Å². The van der Waals surface area contributed by atoms with Crippen LogP contribution in [0, 0.1) is 11.3 Å². The molecular formula is C23H27NO7. The second-order valence-electron chi connectivity index (χ2n) is 7.35. The summed E-state index contributed by atoms with van der Waals surface area (Å²) in [6.45, 7) is 0.269. The Balaban J connectivity index is 1.85. The molecule has 0 heterocycles. The molecule has 1 saturated carbocycles. The standard InChI is InChI=1S/C23H27NO7/c1-28-17-10-15(11-18(29-2)20(17)30-3)19(25)16-12-23(16,22(27)31-4)21(26)24-13-14-8-6-5-7-9-14/h5-11,16,19,25H,12-13H2,1-4H3,(H,24,26). The number of benzene rings is 2. The highest BCUT2D eigenvalue weighted by Crippen LogP contribution is 2.60. The molecule has 0 aromatic heterocycles. The number of ether oxygens (including phenoxy) is 4. The molecule has 3 rings (SSSR count). The molecule has 0 aliphatic heterocycles. The van der Waals surface area contributed by atoms with Crippen molar-refractivity contribution >= 4 is 11.9 Å². The van der Waals surface area contributed by atoms with Crippen LogP contribution in [-0.2, 0) is 20.9 Å². The van der Waals surface area contributed by atoms with Gasteiger partial charge in [0.1, 0.15) is 0 Å². The summed E-state index contributed by atoms with van der Waals surface area (Å²) in [5.41, 5.74) is -0.108. The largest absolute Gasteiger partial charge is 0.493 e. The number of aliphatic hydroxyl groups excluding tert-OH is 1. The number of hydrogen-bond acceptors (Lipinski definition) is 7. The van der Waals surface area contributed by atoms with Crippen LogP contribution in [0.25, 0.3) is 0 Å². The van der Waals surface area contributed by atoms with Gasteiger partial charge in [0.25, 0.3) is 0 Å². The third-order valence-corrected chi connectivity index (χ3v) is 5.68. The third-order valence-electron chi connectivity index (χ3n) is 5.68. The van der Waals surface area contributed by atoms with E-state index in [2.05, 4.69) is 5.32 Å². The van der Waals surface area contributed by atoms with E-state index < -0.39 is 29.3 Å². The maximum Gasteiger partial charge on any atom is 0.321 e. The number of amides is 1. The van der Waals surface area contributed by atoms with Crippen molar-refractivity contribution < 1.29 is 33.6 Å². The Labute approximate surface area is 181 Å². The van der Waals surface area contributed by atoms with Crippen LogP contribution in [0.5, 0.6) is 17.2 Å². The van der Waals surface area contributed by atoms with Crippen molar-refractivity contribution in [3.8, 4) is 17.2 Å². The summed E-state index contributed by atoms with van der Waals surface area (Å²) < 4.78 is 20.9. The summed E-state index contributed by atoms with van der Waals surface area (Å²) in [5, 5.41) is 13.8. The van der Waals surface area contributed by atoms with Crippen LogP contribution >= 0.6 is 0 Å². The van der Waals surface area contributed by atoms with E-state index in [0.717, 1.165) is 5.56 Å². The van der Waals surface area contributed by atoms with Crippen molar-refractivity contribution in [1.29, 1.82) is 0 Å². The highest BCUT2D eigenvalue weighted by molar-refractivity contribution is 6.06. The average molecular weight is 429 g/mol. The fourth-order valence-electron chi connectivity index (χ4n) is 3.88. The van der Waals surface area contributed by atoms with Gasteiger partial charge in [-0.25, -0.2) is 0 Å². The number of nitrogens with one attached hydrogen (secondary N) is 1. The Morgan fingerprint density at radius 1 is 1.06 bits per heavy atom. The van der Waals surface area contributed by atoms with E-state index in [1.807, 2.05) is 30.3 Å². The molecule has 8 nitrogen and oxygen atoms in total. The lowest BCUT2D eigenvalue weighted by Gasteiger charge is -2.20. The summed E-state index contributed by atoms with van der Waals surface area (Å²) in [5.74, 6) is -0.674. The zero-order chi connectivity index (χ0) is 22.6. The fourth-order valence-corrected chi connectivity index (χ4v) is 3.88. The molecule has 166 valence electrons. The molecule has 2 aromatic carbocycles. The number of aliphatic hydroxyl groups is 1. The Hall–Kier alpha value is -3.26. The number of esters is 1. The molecule has 1 fully saturated rings. The van der Waals surface area contributed by atoms with E-state index in [-0.39, 0.29) is 13.0 Å². The Kier molecular flexibility index (Phi) is 6.70. The van der Waals surface area contributed by atoms with Crippen molar-refractivity contribution in [2.45, 2.75) is 19.1 Å². The number of hydrogen-bond donors (Lipinski definition) is 2. The molecule has 1 aliphatic rings. The van der Waals surface area contributed by atoms with Crippen molar-refractivity contribution in [2.24, 2.45) is 11.3 Å². The van der Waals surface area contributed by atoms with Gasteiger partial charge in [-0.1, -0.05) is 30.3 Å². The molecule has 3 atom stereocenters. The summed E-state index contributed by atoms with van der Waals surface area (Å²) in [7, 11) is 5.66. The minimum atomic E-state index is -1.46. The quantitative estimate of drug-likeness (QED) is 0.465. The average Bonchev–Trinajstić information content (AvgIpc) is 3.58. The fraction of sp³-hybridized carbons (Fsp3) is 0.391. The molecule has 0 radical (unpaired) electrons. The van der Waals surface area contributed by atoms with Gasteiger partial charge in [0.15, 0.2) is 16.9 Å². The van der Waals surface area contributed by atoms with Gasteiger partial charge >= 0.3 is 5.97 Å². The first kappa shape index (κ1) is 22.4. The van der Waals surface area contributed by atoms with Crippen LogP contribution < -0.4 is 19.5 Å². The molecule has 0 spiro atoms. The molecule has 8 heteroatoms. The number of carbonyl (C=O) groups excluding carboxylic acids is 2. The minimum Gasteiger partial charge on any atom is -0.493 e. The lowest BCUT2D eigenvalue weighted by Crippen LogP contribution is -2.39. The second kappa shape index (κ2) is 9.26. The first-order chi connectivity index (χ1) is 14.9. The molecule has 3 unspecified atom stereocenters. The molecule has 31 heavy (non-hydrogen) atoms. The van der Waals surface area contributed by atoms with Gasteiger partial charge in [0.2, 0.25) is 11.7 Å². The summed E-state index contributed by atoms with van der Waals surface area (Å²) >= 11 is 0. The van der Waals surface area contributed by atoms with Crippen LogP contribution in [0.4, 0.5) is 0 Å². The van der Waals surface area contributed by atoms with Gasteiger partial charge in [0.05, 0.1) is 34.5 Å². The highest BCUT2D eigenvalue weighted by Gasteiger charge is 2.69. The number of rotatable bonds is 9. The lowest BCUT2D eigenvalue weighted by atomic mass is 9.95. The van der Waals surface area contributed by atoms with Crippen LogP contribution in [0.1, 0.15) is 23.7 Å². The van der Waals surface area contributed by atoms with Crippen LogP contribution in [0.2, 0.25) is 0 Å². The van der Waals surface area contributed by atoms with Gasteiger partial charge in [-0.15, -0.1) is 0 Å². The predicted molar refractivity (Wildman–Crippen MR) is 112 cm³/mol. The van der Waals surface area contributed by atoms with Gasteiger partial charge in [-0.2, -0.15) is 0 Å². The predicted octanol–water partition coefficient (Wildman–Crippen LogP) is 2.24. The van der Waals surface area contributed by atoms with E-state index in [4.69, 9.17) is 18.9 Å². The zero-order valence-corrected chi connectivity index (χ0v) is 18.0. The van der Waals surface area contributed by atoms with E-state index in [0.29, 0.717) is 22.8 Å². The third kappa shape index (κ3) is 4.16. The molecule has 2 N–H and O–H groups in total. The zero-order valence-electron chi connectivity index (χ0n) is 18.0. The summed E-state index contributed by atoms with van der Waals surface area (Å²) in [4.78, 5) is 25.6.